The van der Waals surface area contributed by atoms with Crippen molar-refractivity contribution < 1.29 is 14.2 Å². The van der Waals surface area contributed by atoms with Crippen molar-refractivity contribution in [3.05, 3.63) is 58.6 Å². The minimum absolute atomic E-state index is 0.0942. The second kappa shape index (κ2) is 7.88. The first-order valence-electron chi connectivity index (χ1n) is 8.06. The summed E-state index contributed by atoms with van der Waals surface area (Å²) < 4.78 is 17.7. The number of ether oxygens (including phenoxy) is 3. The van der Waals surface area contributed by atoms with Crippen molar-refractivity contribution in [2.24, 2.45) is 0 Å². The molecule has 1 aliphatic heterocycles. The fraction of sp³-hybridized carbons (Fsp3) is 0.368. The van der Waals surface area contributed by atoms with E-state index in [1.54, 1.807) is 7.11 Å². The van der Waals surface area contributed by atoms with E-state index in [9.17, 15) is 0 Å². The summed E-state index contributed by atoms with van der Waals surface area (Å²) in [4.78, 5) is 0. The predicted octanol–water partition coefficient (Wildman–Crippen LogP) is 3.77. The summed E-state index contributed by atoms with van der Waals surface area (Å²) in [6.45, 7) is 4.27. The van der Waals surface area contributed by atoms with Crippen LogP contribution in [0.4, 0.5) is 0 Å². The van der Waals surface area contributed by atoms with E-state index < -0.39 is 0 Å². The molecule has 0 unspecified atom stereocenters. The number of rotatable bonds is 5. The smallest absolute Gasteiger partial charge is 0.162 e. The number of benzene rings is 2. The van der Waals surface area contributed by atoms with Crippen molar-refractivity contribution >= 4 is 11.6 Å². The molecule has 128 valence electrons. The van der Waals surface area contributed by atoms with Crippen LogP contribution in [0.1, 0.15) is 17.2 Å². The van der Waals surface area contributed by atoms with Gasteiger partial charge in [-0.3, -0.25) is 0 Å². The Kier molecular flexibility index (Phi) is 5.61. The van der Waals surface area contributed by atoms with E-state index in [1.807, 2.05) is 49.4 Å². The quantitative estimate of drug-likeness (QED) is 0.893. The van der Waals surface area contributed by atoms with E-state index in [1.165, 1.54) is 0 Å². The summed E-state index contributed by atoms with van der Waals surface area (Å²) in [5, 5.41) is 4.04. The molecule has 2 aromatic carbocycles. The van der Waals surface area contributed by atoms with Gasteiger partial charge in [0.1, 0.15) is 6.10 Å². The van der Waals surface area contributed by atoms with Crippen molar-refractivity contribution in [1.29, 1.82) is 0 Å². The molecule has 0 amide bonds. The Morgan fingerprint density at radius 3 is 2.79 bits per heavy atom. The topological polar surface area (TPSA) is 39.7 Å². The maximum Gasteiger partial charge on any atom is 0.162 e. The molecular formula is C19H22ClNO3. The lowest BCUT2D eigenvalue weighted by Crippen LogP contribution is -2.43. The zero-order valence-electron chi connectivity index (χ0n) is 13.9. The van der Waals surface area contributed by atoms with Gasteiger partial charge in [-0.05, 0) is 42.3 Å². The molecule has 5 heteroatoms. The molecule has 0 spiro atoms. The van der Waals surface area contributed by atoms with Gasteiger partial charge in [0.25, 0.3) is 0 Å². The number of nitrogens with one attached hydrogen (secondary N) is 1. The first-order chi connectivity index (χ1) is 11.7. The molecule has 24 heavy (non-hydrogen) atoms. The summed E-state index contributed by atoms with van der Waals surface area (Å²) >= 11 is 6.17. The lowest BCUT2D eigenvalue weighted by molar-refractivity contribution is -0.0438. The summed E-state index contributed by atoms with van der Waals surface area (Å²) in [5.41, 5.74) is 2.10. The molecule has 0 aromatic heterocycles. The van der Waals surface area contributed by atoms with Crippen LogP contribution in [0, 0.1) is 6.92 Å². The van der Waals surface area contributed by atoms with Crippen LogP contribution in [-0.4, -0.2) is 32.9 Å². The average molecular weight is 348 g/mol. The van der Waals surface area contributed by atoms with Gasteiger partial charge in [-0.1, -0.05) is 29.8 Å². The summed E-state index contributed by atoms with van der Waals surface area (Å²) in [5.74, 6) is 1.41. The fourth-order valence-electron chi connectivity index (χ4n) is 2.83. The van der Waals surface area contributed by atoms with Crippen LogP contribution >= 0.6 is 11.6 Å². The van der Waals surface area contributed by atoms with Crippen LogP contribution in [0.5, 0.6) is 11.5 Å². The molecule has 0 saturated carbocycles. The van der Waals surface area contributed by atoms with E-state index in [0.29, 0.717) is 23.1 Å². The maximum absolute atomic E-state index is 6.32. The fourth-order valence-corrected chi connectivity index (χ4v) is 3.03. The number of methoxy groups -OCH3 is 1. The third kappa shape index (κ3) is 4.01. The van der Waals surface area contributed by atoms with Gasteiger partial charge >= 0.3 is 0 Å². The van der Waals surface area contributed by atoms with Gasteiger partial charge in [0, 0.05) is 18.1 Å². The van der Waals surface area contributed by atoms with Crippen LogP contribution in [0.15, 0.2) is 42.5 Å². The molecule has 2 atom stereocenters. The predicted molar refractivity (Wildman–Crippen MR) is 95.2 cm³/mol. The highest BCUT2D eigenvalue weighted by atomic mass is 35.5. The van der Waals surface area contributed by atoms with Gasteiger partial charge < -0.3 is 19.5 Å². The minimum atomic E-state index is -0.270. The van der Waals surface area contributed by atoms with Crippen LogP contribution in [0.2, 0.25) is 5.02 Å². The Balaban J connectivity index is 1.92. The number of morpholine rings is 1. The molecule has 1 aliphatic rings. The first kappa shape index (κ1) is 17.1. The highest BCUT2D eigenvalue weighted by Crippen LogP contribution is 2.34. The monoisotopic (exact) mass is 347 g/mol. The number of aryl methyl sites for hydroxylation is 1. The van der Waals surface area contributed by atoms with Crippen LogP contribution in [0.3, 0.4) is 0 Å². The standard InChI is InChI=1S/C19H22ClNO3/c1-13-6-7-16(17(10-13)22-2)24-19(18-12-21-8-9-23-18)14-4-3-5-15(20)11-14/h3-7,10-11,18-19,21H,8-9,12H2,1-2H3/t18-,19-/m0/s1. The van der Waals surface area contributed by atoms with Crippen LogP contribution in [0.25, 0.3) is 0 Å². The number of hydrogen-bond acceptors (Lipinski definition) is 4. The van der Waals surface area contributed by atoms with Crippen LogP contribution in [-0.2, 0) is 4.74 Å². The maximum atomic E-state index is 6.32. The Morgan fingerprint density at radius 1 is 1.21 bits per heavy atom. The third-order valence-electron chi connectivity index (χ3n) is 4.04. The van der Waals surface area contributed by atoms with Gasteiger partial charge in [0.05, 0.1) is 13.7 Å². The highest BCUT2D eigenvalue weighted by Gasteiger charge is 2.29. The van der Waals surface area contributed by atoms with E-state index in [0.717, 1.165) is 24.2 Å². The molecule has 0 aliphatic carbocycles. The van der Waals surface area contributed by atoms with E-state index >= 15 is 0 Å². The molecule has 2 aromatic rings. The molecule has 3 rings (SSSR count). The molecular weight excluding hydrogens is 326 g/mol. The Bertz CT molecular complexity index is 686. The van der Waals surface area contributed by atoms with Crippen LogP contribution < -0.4 is 14.8 Å². The van der Waals surface area contributed by atoms with Gasteiger partial charge in [-0.2, -0.15) is 0 Å². The van der Waals surface area contributed by atoms with Crippen molar-refractivity contribution in [2.45, 2.75) is 19.1 Å². The summed E-state index contributed by atoms with van der Waals surface area (Å²) in [7, 11) is 1.65. The third-order valence-corrected chi connectivity index (χ3v) is 4.28. The van der Waals surface area contributed by atoms with Crippen molar-refractivity contribution in [2.75, 3.05) is 26.8 Å². The first-order valence-corrected chi connectivity index (χ1v) is 8.44. The van der Waals surface area contributed by atoms with Gasteiger partial charge in [0.15, 0.2) is 17.6 Å². The second-order valence-electron chi connectivity index (χ2n) is 5.86. The minimum Gasteiger partial charge on any atom is -0.493 e. The van der Waals surface area contributed by atoms with Crippen molar-refractivity contribution in [3.63, 3.8) is 0 Å². The number of hydrogen-bond donors (Lipinski definition) is 1. The van der Waals surface area contributed by atoms with E-state index in [-0.39, 0.29) is 12.2 Å². The Labute approximate surface area is 147 Å². The second-order valence-corrected chi connectivity index (χ2v) is 6.30. The van der Waals surface area contributed by atoms with Gasteiger partial charge in [-0.25, -0.2) is 0 Å². The van der Waals surface area contributed by atoms with Gasteiger partial charge in [0.2, 0.25) is 0 Å². The zero-order valence-corrected chi connectivity index (χ0v) is 14.7. The highest BCUT2D eigenvalue weighted by molar-refractivity contribution is 6.30. The van der Waals surface area contributed by atoms with Crippen molar-refractivity contribution in [1.82, 2.24) is 5.32 Å². The summed E-state index contributed by atoms with van der Waals surface area (Å²) in [6.07, 6.45) is -0.365. The number of halogens is 1. The van der Waals surface area contributed by atoms with Crippen molar-refractivity contribution in [3.8, 4) is 11.5 Å². The molecule has 0 radical (unpaired) electrons. The zero-order chi connectivity index (χ0) is 16.9. The Morgan fingerprint density at radius 2 is 2.08 bits per heavy atom. The van der Waals surface area contributed by atoms with E-state index in [4.69, 9.17) is 25.8 Å². The SMILES string of the molecule is COc1cc(C)ccc1O[C@@H](c1cccc(Cl)c1)[C@@H]1CNCCO1. The van der Waals surface area contributed by atoms with Gasteiger partial charge in [-0.15, -0.1) is 0 Å². The summed E-state index contributed by atoms with van der Waals surface area (Å²) in [6, 6.07) is 13.6. The average Bonchev–Trinajstić information content (AvgIpc) is 2.61. The van der Waals surface area contributed by atoms with E-state index in [2.05, 4.69) is 5.32 Å². The lowest BCUT2D eigenvalue weighted by Gasteiger charge is -2.32. The largest absolute Gasteiger partial charge is 0.493 e. The molecule has 4 nitrogen and oxygen atoms in total. The molecule has 1 N–H and O–H groups in total. The molecule has 0 bridgehead atoms. The molecule has 1 saturated heterocycles. The molecule has 1 fully saturated rings. The molecule has 1 heterocycles. The lowest BCUT2D eigenvalue weighted by atomic mass is 10.0. The normalized spacial score (nSPS) is 18.9. The Hall–Kier alpha value is -1.75.